The quantitative estimate of drug-likeness (QED) is 0.515. The van der Waals surface area contributed by atoms with E-state index in [1.807, 2.05) is 6.07 Å². The first-order valence-corrected chi connectivity index (χ1v) is 11.3. The van der Waals surface area contributed by atoms with Gasteiger partial charge in [-0.05, 0) is 36.8 Å². The molecule has 3 rings (SSSR count). The summed E-state index contributed by atoms with van der Waals surface area (Å²) < 4.78 is 24.7. The van der Waals surface area contributed by atoms with Gasteiger partial charge in [-0.15, -0.1) is 0 Å². The van der Waals surface area contributed by atoms with Crippen LogP contribution in [0.15, 0.2) is 35.5 Å². The molecule has 0 aliphatic carbocycles. The van der Waals surface area contributed by atoms with Gasteiger partial charge in [0.25, 0.3) is 0 Å². The van der Waals surface area contributed by atoms with E-state index in [0.717, 1.165) is 43.8 Å². The van der Waals surface area contributed by atoms with Crippen molar-refractivity contribution in [3.8, 4) is 0 Å². The third-order valence-corrected chi connectivity index (χ3v) is 6.49. The number of sulfonamides is 1. The van der Waals surface area contributed by atoms with Gasteiger partial charge in [0.2, 0.25) is 10.0 Å². The second kappa shape index (κ2) is 8.75. The monoisotopic (exact) mass is 391 g/mol. The lowest BCUT2D eigenvalue weighted by Crippen LogP contribution is -2.44. The third kappa shape index (κ3) is 5.23. The summed E-state index contributed by atoms with van der Waals surface area (Å²) in [6.45, 7) is 2.83. The van der Waals surface area contributed by atoms with Crippen molar-refractivity contribution in [3.05, 3.63) is 36.0 Å². The molecule has 0 spiro atoms. The first-order valence-electron chi connectivity index (χ1n) is 9.42. The van der Waals surface area contributed by atoms with Crippen molar-refractivity contribution >= 4 is 26.9 Å². The summed E-state index contributed by atoms with van der Waals surface area (Å²) in [6.07, 6.45) is 6.03. The zero-order valence-corrected chi connectivity index (χ0v) is 16.8. The van der Waals surface area contributed by atoms with Crippen LogP contribution in [-0.2, 0) is 16.4 Å². The van der Waals surface area contributed by atoms with Gasteiger partial charge in [0.05, 0.1) is 6.26 Å². The molecule has 3 N–H and O–H groups in total. The molecule has 1 aromatic heterocycles. The molecular weight excluding hydrogens is 362 g/mol. The maximum Gasteiger partial charge on any atom is 0.211 e. The summed E-state index contributed by atoms with van der Waals surface area (Å²) in [5.41, 5.74) is 2.46. The normalized spacial score (nSPS) is 17.3. The largest absolute Gasteiger partial charge is 0.361 e. The highest BCUT2D eigenvalue weighted by atomic mass is 32.2. The second-order valence-corrected chi connectivity index (χ2v) is 9.08. The maximum absolute atomic E-state index is 11.6. The van der Waals surface area contributed by atoms with Crippen molar-refractivity contribution in [2.24, 2.45) is 10.9 Å². The summed E-state index contributed by atoms with van der Waals surface area (Å²) >= 11 is 0. The number of nitrogens with one attached hydrogen (secondary N) is 3. The van der Waals surface area contributed by atoms with Crippen LogP contribution in [0.25, 0.3) is 10.9 Å². The summed E-state index contributed by atoms with van der Waals surface area (Å²) in [5, 5.41) is 8.00. The fourth-order valence-electron chi connectivity index (χ4n) is 3.56. The first kappa shape index (κ1) is 19.7. The predicted molar refractivity (Wildman–Crippen MR) is 111 cm³/mol. The molecule has 0 amide bonds. The van der Waals surface area contributed by atoms with Crippen LogP contribution in [0, 0.1) is 5.92 Å². The number of para-hydroxylation sites is 1. The Labute approximate surface area is 161 Å². The zero-order chi connectivity index (χ0) is 19.3. The average molecular weight is 392 g/mol. The number of benzene rings is 1. The highest BCUT2D eigenvalue weighted by Crippen LogP contribution is 2.19. The van der Waals surface area contributed by atoms with E-state index in [2.05, 4.69) is 45.0 Å². The second-order valence-electron chi connectivity index (χ2n) is 7.09. The minimum absolute atomic E-state index is 0.468. The highest BCUT2D eigenvalue weighted by Gasteiger charge is 2.24. The molecule has 0 bridgehead atoms. The van der Waals surface area contributed by atoms with Gasteiger partial charge in [-0.2, -0.15) is 0 Å². The molecule has 1 aliphatic heterocycles. The van der Waals surface area contributed by atoms with E-state index < -0.39 is 10.0 Å². The lowest BCUT2D eigenvalue weighted by Gasteiger charge is -2.30. The molecular formula is C19H29N5O2S. The number of fused-ring (bicyclic) bond motifs is 1. The number of guanidine groups is 1. The van der Waals surface area contributed by atoms with Gasteiger partial charge < -0.3 is 15.6 Å². The van der Waals surface area contributed by atoms with E-state index in [0.29, 0.717) is 19.0 Å². The van der Waals surface area contributed by atoms with Crippen molar-refractivity contribution in [1.29, 1.82) is 0 Å². The molecule has 0 saturated carbocycles. The van der Waals surface area contributed by atoms with Gasteiger partial charge in [-0.1, -0.05) is 18.2 Å². The molecule has 7 nitrogen and oxygen atoms in total. The van der Waals surface area contributed by atoms with Crippen LogP contribution in [-0.4, -0.2) is 63.1 Å². The van der Waals surface area contributed by atoms with E-state index in [1.54, 1.807) is 11.4 Å². The number of nitrogens with zero attached hydrogens (tertiary/aromatic N) is 2. The molecule has 0 radical (unpaired) electrons. The Bertz CT molecular complexity index is 882. The summed E-state index contributed by atoms with van der Waals surface area (Å²) in [5.74, 6) is 1.26. The molecule has 1 fully saturated rings. The number of hydrogen-bond acceptors (Lipinski definition) is 3. The SMILES string of the molecule is CN=C(NCCc1c[nH]c2ccccc12)NCC1CCN(S(C)(=O)=O)CC1. The average Bonchev–Trinajstić information content (AvgIpc) is 3.07. The number of aromatic nitrogens is 1. The van der Waals surface area contributed by atoms with E-state index in [9.17, 15) is 8.42 Å². The van der Waals surface area contributed by atoms with Crippen LogP contribution in [0.4, 0.5) is 0 Å². The fourth-order valence-corrected chi connectivity index (χ4v) is 4.43. The molecule has 0 unspecified atom stereocenters. The Kier molecular flexibility index (Phi) is 6.38. The van der Waals surface area contributed by atoms with Crippen LogP contribution in [0.1, 0.15) is 18.4 Å². The lowest BCUT2D eigenvalue weighted by molar-refractivity contribution is 0.275. The molecule has 27 heavy (non-hydrogen) atoms. The Balaban J connectivity index is 1.41. The number of aliphatic imine (C=N–C) groups is 1. The number of H-pyrrole nitrogens is 1. The summed E-state index contributed by atoms with van der Waals surface area (Å²) in [4.78, 5) is 7.59. The predicted octanol–water partition coefficient (Wildman–Crippen LogP) is 1.55. The van der Waals surface area contributed by atoms with Crippen molar-refractivity contribution in [3.63, 3.8) is 0 Å². The highest BCUT2D eigenvalue weighted by molar-refractivity contribution is 7.88. The van der Waals surface area contributed by atoms with E-state index in [-0.39, 0.29) is 0 Å². The molecule has 1 aliphatic rings. The van der Waals surface area contributed by atoms with Gasteiger partial charge in [0, 0.05) is 50.3 Å². The van der Waals surface area contributed by atoms with Gasteiger partial charge in [-0.25, -0.2) is 12.7 Å². The number of piperidine rings is 1. The molecule has 1 aromatic carbocycles. The van der Waals surface area contributed by atoms with E-state index in [4.69, 9.17) is 0 Å². The molecule has 2 heterocycles. The topological polar surface area (TPSA) is 89.6 Å². The number of rotatable bonds is 6. The molecule has 1 saturated heterocycles. The minimum Gasteiger partial charge on any atom is -0.361 e. The number of aromatic amines is 1. The van der Waals surface area contributed by atoms with Crippen LogP contribution < -0.4 is 10.6 Å². The lowest BCUT2D eigenvalue weighted by atomic mass is 9.98. The summed E-state index contributed by atoms with van der Waals surface area (Å²) in [6, 6.07) is 8.31. The minimum atomic E-state index is -3.06. The summed E-state index contributed by atoms with van der Waals surface area (Å²) in [7, 11) is -1.29. The fraction of sp³-hybridized carbons (Fsp3) is 0.526. The smallest absolute Gasteiger partial charge is 0.211 e. The van der Waals surface area contributed by atoms with E-state index in [1.165, 1.54) is 17.2 Å². The van der Waals surface area contributed by atoms with Crippen LogP contribution in [0.3, 0.4) is 0 Å². The molecule has 2 aromatic rings. The van der Waals surface area contributed by atoms with Gasteiger partial charge in [0.15, 0.2) is 5.96 Å². The molecule has 0 atom stereocenters. The Morgan fingerprint density at radius 3 is 2.70 bits per heavy atom. The Morgan fingerprint density at radius 1 is 1.26 bits per heavy atom. The van der Waals surface area contributed by atoms with Crippen LogP contribution >= 0.6 is 0 Å². The van der Waals surface area contributed by atoms with Gasteiger partial charge in [-0.3, -0.25) is 4.99 Å². The number of hydrogen-bond donors (Lipinski definition) is 3. The van der Waals surface area contributed by atoms with Crippen LogP contribution in [0.2, 0.25) is 0 Å². The van der Waals surface area contributed by atoms with Crippen molar-refractivity contribution in [2.45, 2.75) is 19.3 Å². The van der Waals surface area contributed by atoms with E-state index >= 15 is 0 Å². The van der Waals surface area contributed by atoms with Crippen molar-refractivity contribution < 1.29 is 8.42 Å². The first-order chi connectivity index (χ1) is 13.0. The van der Waals surface area contributed by atoms with Gasteiger partial charge >= 0.3 is 0 Å². The zero-order valence-electron chi connectivity index (χ0n) is 16.0. The van der Waals surface area contributed by atoms with Gasteiger partial charge in [0.1, 0.15) is 0 Å². The van der Waals surface area contributed by atoms with Crippen LogP contribution in [0.5, 0.6) is 0 Å². The Hall–Kier alpha value is -2.06. The third-order valence-electron chi connectivity index (χ3n) is 5.19. The standard InChI is InChI=1S/C19H29N5O2S/c1-20-19(23-13-15-8-11-24(12-9-15)27(2,25)26)21-10-7-16-14-22-18-6-4-3-5-17(16)18/h3-6,14-15,22H,7-13H2,1-2H3,(H2,20,21,23). The van der Waals surface area contributed by atoms with Crippen molar-refractivity contribution in [2.75, 3.05) is 39.5 Å². The van der Waals surface area contributed by atoms with Crippen molar-refractivity contribution in [1.82, 2.24) is 19.9 Å². The Morgan fingerprint density at radius 2 is 2.00 bits per heavy atom. The maximum atomic E-state index is 11.6. The molecule has 8 heteroatoms. The molecule has 148 valence electrons.